The van der Waals surface area contributed by atoms with Gasteiger partial charge < -0.3 is 4.43 Å². The van der Waals surface area contributed by atoms with Gasteiger partial charge in [-0.3, -0.25) is 0 Å². The molecule has 0 aliphatic rings. The highest BCUT2D eigenvalue weighted by atomic mass is 28.2. The van der Waals surface area contributed by atoms with Gasteiger partial charge in [0.15, 0.2) is 0 Å². The first-order chi connectivity index (χ1) is 4.76. The van der Waals surface area contributed by atoms with Crippen molar-refractivity contribution in [2.75, 3.05) is 0 Å². The van der Waals surface area contributed by atoms with Crippen molar-refractivity contribution in [2.45, 2.75) is 26.7 Å². The third-order valence-electron chi connectivity index (χ3n) is 1.32. The Morgan fingerprint density at radius 2 is 2.30 bits per heavy atom. The molecule has 0 fully saturated rings. The van der Waals surface area contributed by atoms with E-state index in [1.54, 1.807) is 0 Å². The van der Waals surface area contributed by atoms with Crippen LogP contribution in [0.2, 0.25) is 0 Å². The van der Waals surface area contributed by atoms with Gasteiger partial charge in [0.05, 0.1) is 0 Å². The fourth-order valence-corrected chi connectivity index (χ4v) is 1.03. The summed E-state index contributed by atoms with van der Waals surface area (Å²) < 4.78 is 4.69. The molecule has 3 heteroatoms. The Bertz CT molecular complexity index is 141. The molecule has 0 N–H and O–H groups in total. The maximum atomic E-state index is 10.9. The van der Waals surface area contributed by atoms with E-state index in [-0.39, 0.29) is 5.97 Å². The Morgan fingerprint density at radius 1 is 1.70 bits per heavy atom. The number of carbonyl (C=O) groups is 1. The molecule has 0 unspecified atom stereocenters. The zero-order valence-corrected chi connectivity index (χ0v) is 8.81. The summed E-state index contributed by atoms with van der Waals surface area (Å²) in [5, 5.41) is 0. The van der Waals surface area contributed by atoms with Crippen LogP contribution in [0, 0.1) is 0 Å². The molecular weight excluding hydrogens is 144 g/mol. The molecule has 0 rings (SSSR count). The summed E-state index contributed by atoms with van der Waals surface area (Å²) in [6, 6.07) is 0. The monoisotopic (exact) mass is 158 g/mol. The summed E-state index contributed by atoms with van der Waals surface area (Å²) in [5.41, 5.74) is 0.803. The van der Waals surface area contributed by atoms with Crippen molar-refractivity contribution in [2.24, 2.45) is 0 Å². The van der Waals surface area contributed by atoms with Crippen LogP contribution in [-0.2, 0) is 9.22 Å². The summed E-state index contributed by atoms with van der Waals surface area (Å²) >= 11 is 0. The molecule has 0 amide bonds. The minimum Gasteiger partial charge on any atom is -0.526 e. The van der Waals surface area contributed by atoms with Gasteiger partial charge in [-0.05, 0) is 13.3 Å². The van der Waals surface area contributed by atoms with Crippen molar-refractivity contribution >= 4 is 16.5 Å². The van der Waals surface area contributed by atoms with Crippen LogP contribution >= 0.6 is 0 Å². The van der Waals surface area contributed by atoms with Crippen LogP contribution in [0.5, 0.6) is 0 Å². The maximum absolute atomic E-state index is 10.9. The van der Waals surface area contributed by atoms with Crippen LogP contribution in [0.1, 0.15) is 26.7 Å². The van der Waals surface area contributed by atoms with Gasteiger partial charge >= 0.3 is 5.97 Å². The van der Waals surface area contributed by atoms with Crippen molar-refractivity contribution < 1.29 is 9.22 Å². The van der Waals surface area contributed by atoms with Gasteiger partial charge in [-0.1, -0.05) is 19.4 Å². The van der Waals surface area contributed by atoms with E-state index in [2.05, 4.69) is 4.43 Å². The van der Waals surface area contributed by atoms with Crippen molar-refractivity contribution in [3.05, 3.63) is 11.6 Å². The molecule has 0 saturated heterocycles. The van der Waals surface area contributed by atoms with Gasteiger partial charge in [-0.25, -0.2) is 4.79 Å². The van der Waals surface area contributed by atoms with E-state index in [9.17, 15) is 4.79 Å². The van der Waals surface area contributed by atoms with Crippen LogP contribution in [0.4, 0.5) is 0 Å². The van der Waals surface area contributed by atoms with Crippen LogP contribution in [0.15, 0.2) is 11.6 Å². The zero-order valence-electron chi connectivity index (χ0n) is 6.81. The minimum atomic E-state index is -0.143. The van der Waals surface area contributed by atoms with E-state index in [1.165, 1.54) is 0 Å². The molecule has 58 valence electrons. The highest BCUT2D eigenvalue weighted by molar-refractivity contribution is 6.09. The molecule has 0 aromatic carbocycles. The standard InChI is InChI=1S/C7H14O2Si/c1-3-5-6(4-2)7(8)9-10/h4H,3,5H2,1-2,10H3. The number of carbonyl (C=O) groups excluding carboxylic acids is 1. The molecule has 0 heterocycles. The second-order valence-corrected chi connectivity index (χ2v) is 2.46. The third kappa shape index (κ3) is 2.82. The molecule has 0 aliphatic heterocycles. The van der Waals surface area contributed by atoms with Crippen molar-refractivity contribution in [3.8, 4) is 0 Å². The first kappa shape index (κ1) is 9.43. The summed E-state index contributed by atoms with van der Waals surface area (Å²) in [5.74, 6) is -0.143. The van der Waals surface area contributed by atoms with Crippen LogP contribution in [-0.4, -0.2) is 16.5 Å². The number of allylic oxidation sites excluding steroid dienone is 1. The SMILES string of the molecule is CC=C(CCC)C(=O)O[SiH3]. The van der Waals surface area contributed by atoms with Gasteiger partial charge in [-0.2, -0.15) is 0 Å². The van der Waals surface area contributed by atoms with Gasteiger partial charge in [0, 0.05) is 5.57 Å². The van der Waals surface area contributed by atoms with E-state index >= 15 is 0 Å². The molecule has 0 aromatic heterocycles. The average Bonchev–Trinajstić information content (AvgIpc) is 1.99. The van der Waals surface area contributed by atoms with Crippen molar-refractivity contribution in [1.29, 1.82) is 0 Å². The largest absolute Gasteiger partial charge is 0.526 e. The molecule has 0 saturated carbocycles. The Labute approximate surface area is 64.8 Å². The molecule has 0 radical (unpaired) electrons. The normalized spacial score (nSPS) is 11.6. The third-order valence-corrected chi connectivity index (χ3v) is 1.69. The number of hydrogen-bond donors (Lipinski definition) is 0. The quantitative estimate of drug-likeness (QED) is 0.443. The molecule has 10 heavy (non-hydrogen) atoms. The highest BCUT2D eigenvalue weighted by Gasteiger charge is 2.04. The van der Waals surface area contributed by atoms with Crippen LogP contribution < -0.4 is 0 Å². The molecule has 0 spiro atoms. The van der Waals surface area contributed by atoms with Gasteiger partial charge in [0.1, 0.15) is 0 Å². The lowest BCUT2D eigenvalue weighted by Gasteiger charge is -2.01. The topological polar surface area (TPSA) is 26.3 Å². The van der Waals surface area contributed by atoms with Crippen molar-refractivity contribution in [1.82, 2.24) is 0 Å². The van der Waals surface area contributed by atoms with Crippen LogP contribution in [0.3, 0.4) is 0 Å². The van der Waals surface area contributed by atoms with Crippen LogP contribution in [0.25, 0.3) is 0 Å². The van der Waals surface area contributed by atoms with E-state index in [0.29, 0.717) is 10.5 Å². The van der Waals surface area contributed by atoms with Gasteiger partial charge in [0.25, 0.3) is 0 Å². The lowest BCUT2D eigenvalue weighted by molar-refractivity contribution is -0.130. The molecular formula is C7H14O2Si. The van der Waals surface area contributed by atoms with Gasteiger partial charge in [-0.15, -0.1) is 0 Å². The summed E-state index contributed by atoms with van der Waals surface area (Å²) in [7, 11) is 0.492. The van der Waals surface area contributed by atoms with E-state index in [1.807, 2.05) is 19.9 Å². The smallest absolute Gasteiger partial charge is 0.319 e. The Kier molecular flexibility index (Phi) is 4.93. The summed E-state index contributed by atoms with van der Waals surface area (Å²) in [6.07, 6.45) is 3.65. The molecule has 0 atom stereocenters. The average molecular weight is 158 g/mol. The van der Waals surface area contributed by atoms with E-state index < -0.39 is 0 Å². The fraction of sp³-hybridized carbons (Fsp3) is 0.571. The Hall–Kier alpha value is -0.573. The maximum Gasteiger partial charge on any atom is 0.319 e. The zero-order chi connectivity index (χ0) is 7.98. The Morgan fingerprint density at radius 3 is 2.60 bits per heavy atom. The Balaban J connectivity index is 3.95. The second-order valence-electron chi connectivity index (χ2n) is 2.06. The number of rotatable bonds is 3. The molecule has 2 nitrogen and oxygen atoms in total. The lowest BCUT2D eigenvalue weighted by Crippen LogP contribution is -2.04. The predicted molar refractivity (Wildman–Crippen MR) is 44.7 cm³/mol. The second kappa shape index (κ2) is 5.23. The van der Waals surface area contributed by atoms with Gasteiger partial charge in [0.2, 0.25) is 10.5 Å². The van der Waals surface area contributed by atoms with Crippen molar-refractivity contribution in [3.63, 3.8) is 0 Å². The summed E-state index contributed by atoms with van der Waals surface area (Å²) in [4.78, 5) is 10.9. The van der Waals surface area contributed by atoms with E-state index in [4.69, 9.17) is 0 Å². The minimum absolute atomic E-state index is 0.143. The molecule has 0 aromatic rings. The fourth-order valence-electron chi connectivity index (χ4n) is 0.765. The number of hydrogen-bond acceptors (Lipinski definition) is 2. The highest BCUT2D eigenvalue weighted by Crippen LogP contribution is 2.05. The molecule has 0 aliphatic carbocycles. The predicted octanol–water partition coefficient (Wildman–Crippen LogP) is 0.556. The van der Waals surface area contributed by atoms with E-state index in [0.717, 1.165) is 18.4 Å². The first-order valence-corrected chi connectivity index (χ1v) is 4.31. The first-order valence-electron chi connectivity index (χ1n) is 3.49. The lowest BCUT2D eigenvalue weighted by atomic mass is 10.1. The summed E-state index contributed by atoms with van der Waals surface area (Å²) in [6.45, 7) is 3.91. The molecule has 0 bridgehead atoms.